The van der Waals surface area contributed by atoms with Crippen LogP contribution in [0.2, 0.25) is 0 Å². The van der Waals surface area contributed by atoms with Crippen molar-refractivity contribution in [3.63, 3.8) is 0 Å². The van der Waals surface area contributed by atoms with Gasteiger partial charge in [-0.3, -0.25) is 0 Å². The monoisotopic (exact) mass is 488 g/mol. The number of hydrogen-bond donors (Lipinski definition) is 3. The van der Waals surface area contributed by atoms with Crippen LogP contribution in [0, 0.1) is 18.3 Å². The number of rotatable bonds is 4. The predicted octanol–water partition coefficient (Wildman–Crippen LogP) is 4.63. The Bertz CT molecular complexity index is 851. The smallest absolute Gasteiger partial charge is 0.238 e. The first-order chi connectivity index (χ1) is 13.3. The summed E-state index contributed by atoms with van der Waals surface area (Å²) in [6, 6.07) is 6.04. The summed E-state index contributed by atoms with van der Waals surface area (Å²) in [7, 11) is -3.67. The molecule has 4 N–H and O–H groups in total. The lowest BCUT2D eigenvalue weighted by Gasteiger charge is -2.24. The first-order valence-electron chi connectivity index (χ1n) is 9.34. The number of primary sulfonamides is 1. The highest BCUT2D eigenvalue weighted by Gasteiger charge is 2.18. The molecule has 0 spiro atoms. The third kappa shape index (κ3) is 10.2. The Hall–Kier alpha value is -1.55. The van der Waals surface area contributed by atoms with Crippen LogP contribution in [0.15, 0.2) is 39.8 Å². The summed E-state index contributed by atoms with van der Waals surface area (Å²) in [5.74, 6) is 0.839. The molecule has 0 saturated carbocycles. The van der Waals surface area contributed by atoms with Gasteiger partial charge in [0.25, 0.3) is 0 Å². The molecule has 0 aliphatic heterocycles. The molecule has 2 aromatic rings. The van der Waals surface area contributed by atoms with E-state index in [1.165, 1.54) is 12.1 Å². The number of benzene rings is 1. The number of nitrogens with two attached hydrogens (primary N) is 1. The minimum atomic E-state index is -3.67. The first kappa shape index (κ1) is 27.5. The average Bonchev–Trinajstić information content (AvgIpc) is 2.65. The Balaban J connectivity index is 0.000000664. The molecule has 0 aliphatic carbocycles. The summed E-state index contributed by atoms with van der Waals surface area (Å²) in [4.78, 5) is 8.38. The summed E-state index contributed by atoms with van der Waals surface area (Å²) in [6.07, 6.45) is 1.64. The van der Waals surface area contributed by atoms with E-state index in [0.29, 0.717) is 24.2 Å². The molecule has 1 heterocycles. The van der Waals surface area contributed by atoms with Gasteiger partial charge < -0.3 is 10.4 Å². The van der Waals surface area contributed by atoms with Crippen molar-refractivity contribution < 1.29 is 13.5 Å². The average molecular weight is 489 g/mol. The molecule has 1 aromatic heterocycles. The van der Waals surface area contributed by atoms with E-state index in [4.69, 9.17) is 10.2 Å². The molecule has 0 radical (unpaired) electrons. The Kier molecular flexibility index (Phi) is 11.6. The van der Waals surface area contributed by atoms with Gasteiger partial charge in [-0.1, -0.05) is 41.5 Å². The maximum atomic E-state index is 11.1. The third-order valence-electron chi connectivity index (χ3n) is 4.11. The van der Waals surface area contributed by atoms with E-state index < -0.39 is 10.0 Å². The summed E-state index contributed by atoms with van der Waals surface area (Å²) in [5.41, 5.74) is 1.74. The van der Waals surface area contributed by atoms with Crippen molar-refractivity contribution in [2.75, 3.05) is 11.9 Å². The standard InChI is InChI=1S/C11H11BrN4O2S.C7H16O.C2H6/c1-7-10(12)6-14-11(15-7)16-8-2-4-9(5-3-8)19(13,17)18;1-6(5-8)7(2,3)4;1-2/h2-6H,1H3,(H2,13,17,18)(H,14,15,16);6,8H,5H2,1-4H3;1-2H3. The fourth-order valence-corrected chi connectivity index (χ4v) is 2.35. The molecule has 1 aromatic carbocycles. The number of aliphatic hydroxyl groups excluding tert-OH is 1. The van der Waals surface area contributed by atoms with Crippen LogP contribution >= 0.6 is 15.9 Å². The molecule has 0 aliphatic rings. The zero-order valence-electron chi connectivity index (χ0n) is 18.2. The molecule has 29 heavy (non-hydrogen) atoms. The van der Waals surface area contributed by atoms with E-state index in [2.05, 4.69) is 58.9 Å². The van der Waals surface area contributed by atoms with Gasteiger partial charge in [-0.15, -0.1) is 0 Å². The number of aliphatic hydroxyl groups is 1. The SMILES string of the molecule is CC.CC(CO)C(C)(C)C.Cc1nc(Nc2ccc(S(N)(=O)=O)cc2)ncc1Br. The number of nitrogens with one attached hydrogen (secondary N) is 1. The van der Waals surface area contributed by atoms with E-state index in [1.807, 2.05) is 20.8 Å². The van der Waals surface area contributed by atoms with Crippen molar-refractivity contribution in [3.05, 3.63) is 40.6 Å². The van der Waals surface area contributed by atoms with Gasteiger partial charge in [0, 0.05) is 18.5 Å². The van der Waals surface area contributed by atoms with Gasteiger partial charge in [-0.05, 0) is 58.5 Å². The van der Waals surface area contributed by atoms with Crippen LogP contribution in [-0.2, 0) is 10.0 Å². The van der Waals surface area contributed by atoms with Crippen LogP contribution in [0.5, 0.6) is 0 Å². The van der Waals surface area contributed by atoms with Gasteiger partial charge in [0.2, 0.25) is 16.0 Å². The van der Waals surface area contributed by atoms with Gasteiger partial charge in [0.1, 0.15) is 0 Å². The van der Waals surface area contributed by atoms with Crippen molar-refractivity contribution in [2.24, 2.45) is 16.5 Å². The maximum Gasteiger partial charge on any atom is 0.238 e. The van der Waals surface area contributed by atoms with Crippen molar-refractivity contribution in [1.29, 1.82) is 0 Å². The highest BCUT2D eigenvalue weighted by molar-refractivity contribution is 9.10. The Morgan fingerprint density at radius 2 is 1.72 bits per heavy atom. The molecule has 0 saturated heterocycles. The number of anilines is 2. The van der Waals surface area contributed by atoms with E-state index >= 15 is 0 Å². The number of nitrogens with zero attached hydrogens (tertiary/aromatic N) is 2. The summed E-state index contributed by atoms with van der Waals surface area (Å²) < 4.78 is 23.0. The maximum absolute atomic E-state index is 11.1. The molecule has 1 atom stereocenters. The number of halogens is 1. The Morgan fingerprint density at radius 3 is 2.07 bits per heavy atom. The molecule has 0 amide bonds. The molecule has 1 unspecified atom stereocenters. The number of aryl methyl sites for hydroxylation is 1. The van der Waals surface area contributed by atoms with Crippen LogP contribution in [-0.4, -0.2) is 30.1 Å². The van der Waals surface area contributed by atoms with Crippen molar-refractivity contribution in [2.45, 2.75) is 53.4 Å². The summed E-state index contributed by atoms with van der Waals surface area (Å²) >= 11 is 3.31. The van der Waals surface area contributed by atoms with Crippen molar-refractivity contribution in [3.8, 4) is 0 Å². The number of hydrogen-bond acceptors (Lipinski definition) is 6. The van der Waals surface area contributed by atoms with Crippen LogP contribution in [0.1, 0.15) is 47.2 Å². The molecule has 7 nitrogen and oxygen atoms in total. The van der Waals surface area contributed by atoms with Crippen LogP contribution in [0.25, 0.3) is 0 Å². The van der Waals surface area contributed by atoms with Crippen molar-refractivity contribution in [1.82, 2.24) is 9.97 Å². The normalized spacial score (nSPS) is 12.1. The topological polar surface area (TPSA) is 118 Å². The third-order valence-corrected chi connectivity index (χ3v) is 5.82. The lowest BCUT2D eigenvalue weighted by molar-refractivity contribution is 0.146. The van der Waals surface area contributed by atoms with Crippen molar-refractivity contribution >= 4 is 37.6 Å². The Morgan fingerprint density at radius 1 is 1.21 bits per heavy atom. The van der Waals surface area contributed by atoms with Gasteiger partial charge in [-0.25, -0.2) is 23.5 Å². The minimum absolute atomic E-state index is 0.0611. The van der Waals surface area contributed by atoms with Crippen LogP contribution < -0.4 is 10.5 Å². The van der Waals surface area contributed by atoms with E-state index in [9.17, 15) is 8.42 Å². The second-order valence-electron chi connectivity index (χ2n) is 7.27. The molecular formula is C20H33BrN4O3S. The molecule has 2 rings (SSSR count). The number of sulfonamides is 1. The molecular weight excluding hydrogens is 456 g/mol. The molecule has 9 heteroatoms. The lowest BCUT2D eigenvalue weighted by Crippen LogP contribution is -2.20. The van der Waals surface area contributed by atoms with Crippen LogP contribution in [0.3, 0.4) is 0 Å². The minimum Gasteiger partial charge on any atom is -0.396 e. The van der Waals surface area contributed by atoms with Crippen LogP contribution in [0.4, 0.5) is 11.6 Å². The zero-order valence-corrected chi connectivity index (χ0v) is 20.6. The van der Waals surface area contributed by atoms with Gasteiger partial charge in [-0.2, -0.15) is 0 Å². The van der Waals surface area contributed by atoms with Gasteiger partial charge in [0.15, 0.2) is 0 Å². The summed E-state index contributed by atoms with van der Waals surface area (Å²) in [5, 5.41) is 16.7. The number of aromatic nitrogens is 2. The molecule has 0 fully saturated rings. The summed E-state index contributed by atoms with van der Waals surface area (Å²) in [6.45, 7) is 14.6. The van der Waals surface area contributed by atoms with E-state index in [0.717, 1.165) is 10.2 Å². The highest BCUT2D eigenvalue weighted by Crippen LogP contribution is 2.24. The predicted molar refractivity (Wildman–Crippen MR) is 123 cm³/mol. The Labute approximate surface area is 183 Å². The molecule has 164 valence electrons. The lowest BCUT2D eigenvalue weighted by atomic mass is 9.83. The second-order valence-corrected chi connectivity index (χ2v) is 9.69. The van der Waals surface area contributed by atoms with E-state index in [1.54, 1.807) is 18.3 Å². The highest BCUT2D eigenvalue weighted by atomic mass is 79.9. The van der Waals surface area contributed by atoms with Gasteiger partial charge >= 0.3 is 0 Å². The molecule has 0 bridgehead atoms. The quantitative estimate of drug-likeness (QED) is 0.577. The zero-order chi connectivity index (χ0) is 22.8. The van der Waals surface area contributed by atoms with Gasteiger partial charge in [0.05, 0.1) is 15.1 Å². The largest absolute Gasteiger partial charge is 0.396 e. The van der Waals surface area contributed by atoms with E-state index in [-0.39, 0.29) is 10.3 Å². The fraction of sp³-hybridized carbons (Fsp3) is 0.500. The first-order valence-corrected chi connectivity index (χ1v) is 11.7. The second kappa shape index (κ2) is 12.2. The fourth-order valence-electron chi connectivity index (χ4n) is 1.64.